The quantitative estimate of drug-likeness (QED) is 0.535. The van der Waals surface area contributed by atoms with Gasteiger partial charge in [-0.3, -0.25) is 19.2 Å². The first-order valence-electron chi connectivity index (χ1n) is 14.5. The van der Waals surface area contributed by atoms with E-state index in [-0.39, 0.29) is 29.9 Å². The number of fused-ring (bicyclic) bond motifs is 12. The minimum atomic E-state index is -0.906. The van der Waals surface area contributed by atoms with Gasteiger partial charge in [-0.15, -0.1) is 0 Å². The molecule has 0 unspecified atom stereocenters. The minimum Gasteiger partial charge on any atom is -0.494 e. The molecular weight excluding hydrogens is 498 g/mol. The van der Waals surface area contributed by atoms with Crippen LogP contribution in [0, 0.1) is 5.92 Å². The smallest absolute Gasteiger partial charge is 0.243 e. The maximum Gasteiger partial charge on any atom is 0.243 e. The molecule has 4 aliphatic rings. The van der Waals surface area contributed by atoms with E-state index in [2.05, 4.69) is 10.6 Å². The topological polar surface area (TPSA) is 117 Å². The van der Waals surface area contributed by atoms with Crippen LogP contribution in [0.4, 0.5) is 0 Å². The lowest BCUT2D eigenvalue weighted by Gasteiger charge is -2.28. The fraction of sp³-hybridized carbons (Fsp3) is 0.667. The lowest BCUT2D eigenvalue weighted by atomic mass is 9.93. The second kappa shape index (κ2) is 12.9. The summed E-state index contributed by atoms with van der Waals surface area (Å²) in [6.45, 7) is 7.23. The number of carbonyl (C=O) groups excluding carboxylic acids is 4. The van der Waals surface area contributed by atoms with Crippen molar-refractivity contribution in [2.24, 2.45) is 5.92 Å². The predicted molar refractivity (Wildman–Crippen MR) is 146 cm³/mol. The molecule has 4 aliphatic heterocycles. The number of amides is 3. The first-order valence-corrected chi connectivity index (χ1v) is 14.5. The largest absolute Gasteiger partial charge is 0.494 e. The Bertz CT molecular complexity index is 1040. The van der Waals surface area contributed by atoms with Crippen LogP contribution < -0.4 is 15.4 Å². The number of hydrogen-bond donors (Lipinski definition) is 2. The maximum absolute atomic E-state index is 13.7. The highest BCUT2D eigenvalue weighted by Crippen LogP contribution is 2.30. The Hall–Kier alpha value is -2.94. The van der Waals surface area contributed by atoms with Gasteiger partial charge < -0.3 is 25.0 Å². The zero-order valence-corrected chi connectivity index (χ0v) is 23.5. The van der Waals surface area contributed by atoms with E-state index in [9.17, 15) is 19.2 Å². The van der Waals surface area contributed by atoms with Gasteiger partial charge >= 0.3 is 0 Å². The van der Waals surface area contributed by atoms with Crippen LogP contribution in [0.5, 0.6) is 5.75 Å². The van der Waals surface area contributed by atoms with E-state index in [1.807, 2.05) is 38.1 Å². The molecule has 39 heavy (non-hydrogen) atoms. The molecule has 2 saturated heterocycles. The molecule has 1 aromatic carbocycles. The Morgan fingerprint density at radius 1 is 1.10 bits per heavy atom. The number of hydrogen-bond acceptors (Lipinski definition) is 6. The number of nitrogens with zero attached hydrogens (tertiary/aromatic N) is 1. The fourth-order valence-corrected chi connectivity index (χ4v) is 5.43. The van der Waals surface area contributed by atoms with E-state index in [0.717, 1.165) is 43.4 Å². The number of carbonyl (C=O) groups is 4. The third-order valence-electron chi connectivity index (χ3n) is 7.86. The van der Waals surface area contributed by atoms with Crippen molar-refractivity contribution in [3.8, 4) is 5.75 Å². The van der Waals surface area contributed by atoms with Crippen molar-refractivity contribution in [1.29, 1.82) is 0 Å². The molecule has 2 bridgehead atoms. The van der Waals surface area contributed by atoms with Gasteiger partial charge in [0.25, 0.3) is 0 Å². The number of benzene rings is 1. The number of Topliss-reactive ketones (excluding diaryl/α,β-unsaturated/α-hetero) is 1. The molecule has 0 saturated carbocycles. The van der Waals surface area contributed by atoms with E-state index in [4.69, 9.17) is 9.47 Å². The minimum absolute atomic E-state index is 0.0128. The Morgan fingerprint density at radius 3 is 2.51 bits per heavy atom. The summed E-state index contributed by atoms with van der Waals surface area (Å²) >= 11 is 0. The molecule has 214 valence electrons. The molecule has 0 aliphatic carbocycles. The standard InChI is InChI=1S/C30H43N3O6/c1-20(2)17-23(27(35)30(3)19-39-30)31-28(36)24-18-21-11-13-22(14-12-21)38-16-7-5-4-6-10-26(34)33-15-8-9-25(33)29(37)32-24/h11-14,20,23-25H,4-10,15-19H2,1-3H3,(H,31,36)(H,32,37)/t23-,24-,25-,30+/m0/s1. The van der Waals surface area contributed by atoms with Crippen LogP contribution in [0.15, 0.2) is 24.3 Å². The van der Waals surface area contributed by atoms with Gasteiger partial charge in [-0.05, 0) is 62.6 Å². The maximum atomic E-state index is 13.7. The number of rotatable bonds is 6. The Kier molecular flexibility index (Phi) is 9.64. The van der Waals surface area contributed by atoms with Gasteiger partial charge in [0.1, 0.15) is 23.4 Å². The number of ketones is 1. The van der Waals surface area contributed by atoms with Crippen LogP contribution >= 0.6 is 0 Å². The highest BCUT2D eigenvalue weighted by Gasteiger charge is 2.50. The van der Waals surface area contributed by atoms with Gasteiger partial charge in [0.05, 0.1) is 19.3 Å². The summed E-state index contributed by atoms with van der Waals surface area (Å²) in [5, 5.41) is 5.86. The van der Waals surface area contributed by atoms with Crippen LogP contribution in [-0.2, 0) is 30.3 Å². The Balaban J connectivity index is 1.56. The van der Waals surface area contributed by atoms with Gasteiger partial charge in [-0.25, -0.2) is 0 Å². The second-order valence-corrected chi connectivity index (χ2v) is 11.7. The molecule has 4 atom stereocenters. The summed E-state index contributed by atoms with van der Waals surface area (Å²) in [4.78, 5) is 54.9. The fourth-order valence-electron chi connectivity index (χ4n) is 5.43. The molecule has 0 radical (unpaired) electrons. The number of nitrogens with one attached hydrogen (secondary N) is 2. The van der Waals surface area contributed by atoms with Crippen molar-refractivity contribution in [2.75, 3.05) is 19.8 Å². The monoisotopic (exact) mass is 541 g/mol. The molecule has 1 aromatic rings. The van der Waals surface area contributed by atoms with Crippen molar-refractivity contribution in [3.63, 3.8) is 0 Å². The van der Waals surface area contributed by atoms with Crippen LogP contribution in [0.3, 0.4) is 0 Å². The summed E-state index contributed by atoms with van der Waals surface area (Å²) in [7, 11) is 0. The summed E-state index contributed by atoms with van der Waals surface area (Å²) < 4.78 is 11.2. The third-order valence-corrected chi connectivity index (χ3v) is 7.86. The van der Waals surface area contributed by atoms with Crippen molar-refractivity contribution >= 4 is 23.5 Å². The predicted octanol–water partition coefficient (Wildman–Crippen LogP) is 2.94. The molecule has 2 N–H and O–H groups in total. The average Bonchev–Trinajstić information content (AvgIpc) is 3.45. The van der Waals surface area contributed by atoms with Gasteiger partial charge in [-0.2, -0.15) is 0 Å². The van der Waals surface area contributed by atoms with Crippen LogP contribution in [0.25, 0.3) is 0 Å². The zero-order chi connectivity index (χ0) is 28.0. The molecule has 9 nitrogen and oxygen atoms in total. The SMILES string of the molecule is CC(C)C[C@H](NC(=O)[C@@H]1Cc2ccc(cc2)OCCCCCCC(=O)N2CCC[C@H]2C(=O)N1)C(=O)[C@@]1(C)CO1. The normalized spacial score (nSPS) is 27.1. The summed E-state index contributed by atoms with van der Waals surface area (Å²) in [6, 6.07) is 5.34. The Morgan fingerprint density at radius 2 is 1.82 bits per heavy atom. The summed E-state index contributed by atoms with van der Waals surface area (Å²) in [5.74, 6) is 0.0174. The molecule has 3 amide bonds. The van der Waals surface area contributed by atoms with Crippen LogP contribution in [-0.4, -0.2) is 71.9 Å². The van der Waals surface area contributed by atoms with Crippen molar-refractivity contribution in [1.82, 2.24) is 15.5 Å². The number of epoxide rings is 1. The van der Waals surface area contributed by atoms with E-state index >= 15 is 0 Å². The highest BCUT2D eigenvalue weighted by atomic mass is 16.6. The van der Waals surface area contributed by atoms with Crippen molar-refractivity contribution in [2.45, 2.75) is 102 Å². The molecule has 4 heterocycles. The van der Waals surface area contributed by atoms with E-state index < -0.39 is 29.6 Å². The second-order valence-electron chi connectivity index (χ2n) is 11.7. The lowest BCUT2D eigenvalue weighted by Crippen LogP contribution is -2.57. The molecule has 5 rings (SSSR count). The van der Waals surface area contributed by atoms with Crippen LogP contribution in [0.1, 0.15) is 77.7 Å². The molecule has 2 fully saturated rings. The molecular formula is C30H43N3O6. The van der Waals surface area contributed by atoms with E-state index in [0.29, 0.717) is 39.0 Å². The van der Waals surface area contributed by atoms with Crippen LogP contribution in [0.2, 0.25) is 0 Å². The van der Waals surface area contributed by atoms with Gasteiger partial charge in [-0.1, -0.05) is 38.8 Å². The zero-order valence-electron chi connectivity index (χ0n) is 23.5. The Labute approximate surface area is 231 Å². The highest BCUT2D eigenvalue weighted by molar-refractivity contribution is 5.98. The first kappa shape index (κ1) is 29.1. The van der Waals surface area contributed by atoms with Gasteiger partial charge in [0.15, 0.2) is 5.78 Å². The van der Waals surface area contributed by atoms with Crippen molar-refractivity contribution in [3.05, 3.63) is 29.8 Å². The number of ether oxygens (including phenoxy) is 2. The lowest BCUT2D eigenvalue weighted by molar-refractivity contribution is -0.140. The van der Waals surface area contributed by atoms with E-state index in [1.54, 1.807) is 11.8 Å². The molecule has 9 heteroatoms. The van der Waals surface area contributed by atoms with Crippen molar-refractivity contribution < 1.29 is 28.7 Å². The molecule has 0 aromatic heterocycles. The third kappa shape index (κ3) is 7.81. The van der Waals surface area contributed by atoms with Gasteiger partial charge in [0, 0.05) is 19.4 Å². The molecule has 0 spiro atoms. The summed E-state index contributed by atoms with van der Waals surface area (Å²) in [5.41, 5.74) is -0.0122. The first-order chi connectivity index (χ1) is 18.7. The van der Waals surface area contributed by atoms with Gasteiger partial charge in [0.2, 0.25) is 17.7 Å². The average molecular weight is 542 g/mol. The van der Waals surface area contributed by atoms with E-state index in [1.165, 1.54) is 0 Å². The summed E-state index contributed by atoms with van der Waals surface area (Å²) in [6.07, 6.45) is 6.06.